The molecule has 0 saturated heterocycles. The lowest BCUT2D eigenvalue weighted by Crippen LogP contribution is -2.04. The van der Waals surface area contributed by atoms with Crippen molar-refractivity contribution < 1.29 is 0 Å². The Bertz CT molecular complexity index is 3300. The van der Waals surface area contributed by atoms with Gasteiger partial charge in [-0.2, -0.15) is 0 Å². The summed E-state index contributed by atoms with van der Waals surface area (Å²) in [7, 11) is 0. The highest BCUT2D eigenvalue weighted by Crippen LogP contribution is 2.55. The second-order valence-corrected chi connectivity index (χ2v) is 13.7. The Kier molecular flexibility index (Phi) is 5.23. The van der Waals surface area contributed by atoms with Gasteiger partial charge in [0.15, 0.2) is 5.82 Å². The molecule has 2 heterocycles. The third-order valence-electron chi connectivity index (χ3n) is 11.0. The second-order valence-electron chi connectivity index (χ2n) is 13.7. The molecule has 0 aliphatic heterocycles. The standard InChI is InChI=1S/C48H27N3/c1-2-12-29(13-3-1)41-36-18-10-15-30-23-25-39-45(42(30)36)46-40(26-24-35-33-16-6-7-17-34(33)43(41)44(35)46)51(39)48-47(49-37-19-8-9-20-38(37)50-48)32-22-21-28-11-4-5-14-31(28)27-32/h1-27H. The Morgan fingerprint density at radius 3 is 1.88 bits per heavy atom. The Morgan fingerprint density at radius 1 is 0.353 bits per heavy atom. The van der Waals surface area contributed by atoms with Crippen LogP contribution >= 0.6 is 0 Å². The van der Waals surface area contributed by atoms with Gasteiger partial charge in [0.2, 0.25) is 0 Å². The van der Waals surface area contributed by atoms with E-state index in [4.69, 9.17) is 9.97 Å². The summed E-state index contributed by atoms with van der Waals surface area (Å²) in [6, 6.07) is 59.3. The number of benzene rings is 8. The van der Waals surface area contributed by atoms with Gasteiger partial charge in [-0.3, -0.25) is 4.57 Å². The molecule has 2 aliphatic carbocycles. The third-order valence-corrected chi connectivity index (χ3v) is 11.0. The van der Waals surface area contributed by atoms with E-state index in [0.29, 0.717) is 0 Å². The number of hydrogen-bond acceptors (Lipinski definition) is 2. The average molecular weight is 646 g/mol. The van der Waals surface area contributed by atoms with Crippen LogP contribution in [-0.2, 0) is 0 Å². The van der Waals surface area contributed by atoms with Gasteiger partial charge in [0.1, 0.15) is 5.69 Å². The summed E-state index contributed by atoms with van der Waals surface area (Å²) in [5.41, 5.74) is 11.1. The molecule has 0 fully saturated rings. The fourth-order valence-electron chi connectivity index (χ4n) is 8.94. The lowest BCUT2D eigenvalue weighted by atomic mass is 9.92. The summed E-state index contributed by atoms with van der Waals surface area (Å²) in [5.74, 6) is 0.839. The highest BCUT2D eigenvalue weighted by molar-refractivity contribution is 6.39. The van der Waals surface area contributed by atoms with Gasteiger partial charge < -0.3 is 0 Å². The molecular weight excluding hydrogens is 619 g/mol. The van der Waals surface area contributed by atoms with Crippen molar-refractivity contribution in [2.75, 3.05) is 0 Å². The van der Waals surface area contributed by atoms with Gasteiger partial charge in [-0.1, -0.05) is 133 Å². The molecule has 0 bridgehead atoms. The van der Waals surface area contributed by atoms with Gasteiger partial charge in [0, 0.05) is 21.9 Å². The fourth-order valence-corrected chi connectivity index (χ4v) is 8.94. The Morgan fingerprint density at radius 2 is 1.00 bits per heavy atom. The van der Waals surface area contributed by atoms with Crippen molar-refractivity contribution in [2.45, 2.75) is 0 Å². The minimum absolute atomic E-state index is 0.839. The van der Waals surface area contributed by atoms with Crippen molar-refractivity contribution in [2.24, 2.45) is 0 Å². The van der Waals surface area contributed by atoms with Crippen molar-refractivity contribution in [3.8, 4) is 39.3 Å². The first-order chi connectivity index (χ1) is 25.3. The zero-order valence-electron chi connectivity index (χ0n) is 27.4. The van der Waals surface area contributed by atoms with Gasteiger partial charge in [-0.25, -0.2) is 9.97 Å². The number of para-hydroxylation sites is 2. The highest BCUT2D eigenvalue weighted by atomic mass is 15.1. The molecule has 0 atom stereocenters. The minimum atomic E-state index is 0.839. The minimum Gasteiger partial charge on any atom is -0.292 e. The van der Waals surface area contributed by atoms with Gasteiger partial charge >= 0.3 is 0 Å². The largest absolute Gasteiger partial charge is 0.292 e. The number of rotatable bonds is 3. The lowest BCUT2D eigenvalue weighted by Gasteiger charge is -2.15. The molecule has 51 heavy (non-hydrogen) atoms. The summed E-state index contributed by atoms with van der Waals surface area (Å²) < 4.78 is 2.39. The van der Waals surface area contributed by atoms with Crippen LogP contribution in [0.2, 0.25) is 0 Å². The van der Waals surface area contributed by atoms with Crippen LogP contribution < -0.4 is 0 Å². The molecule has 12 rings (SSSR count). The van der Waals surface area contributed by atoms with Crippen molar-refractivity contribution in [3.63, 3.8) is 0 Å². The van der Waals surface area contributed by atoms with E-state index < -0.39 is 0 Å². The van der Waals surface area contributed by atoms with E-state index >= 15 is 0 Å². The monoisotopic (exact) mass is 645 g/mol. The summed E-state index contributed by atoms with van der Waals surface area (Å²) in [6.07, 6.45) is 0. The third kappa shape index (κ3) is 3.57. The quantitative estimate of drug-likeness (QED) is 0.191. The van der Waals surface area contributed by atoms with Crippen LogP contribution in [0.25, 0.3) is 115 Å². The molecule has 3 heteroatoms. The zero-order valence-corrected chi connectivity index (χ0v) is 27.4. The summed E-state index contributed by atoms with van der Waals surface area (Å²) in [4.78, 5) is 10.8. The predicted molar refractivity (Wildman–Crippen MR) is 214 cm³/mol. The van der Waals surface area contributed by atoms with Crippen LogP contribution in [0.15, 0.2) is 164 Å². The van der Waals surface area contributed by atoms with Crippen LogP contribution in [0.5, 0.6) is 0 Å². The Balaban J connectivity index is 1.32. The van der Waals surface area contributed by atoms with E-state index in [0.717, 1.165) is 39.1 Å². The number of hydrogen-bond donors (Lipinski definition) is 0. The smallest absolute Gasteiger partial charge is 0.165 e. The number of nitrogens with zero attached hydrogens (tertiary/aromatic N) is 3. The molecule has 0 radical (unpaired) electrons. The maximum atomic E-state index is 5.47. The maximum absolute atomic E-state index is 5.47. The average Bonchev–Trinajstić information content (AvgIpc) is 3.66. The normalized spacial score (nSPS) is 12.3. The number of aromatic nitrogens is 3. The van der Waals surface area contributed by atoms with E-state index in [1.165, 1.54) is 76.1 Å². The SMILES string of the molecule is c1ccc(-c2c3c4ccccc4c4ccc5c(c4-3)c3c4c(cccc24)ccc3n5-c2nc3ccccc3nc2-c2ccc3ccccc3c2)cc1. The maximum Gasteiger partial charge on any atom is 0.165 e. The van der Waals surface area contributed by atoms with E-state index in [9.17, 15) is 0 Å². The van der Waals surface area contributed by atoms with Gasteiger partial charge in [0.05, 0.1) is 22.1 Å². The predicted octanol–water partition coefficient (Wildman–Crippen LogP) is 12.7. The summed E-state index contributed by atoms with van der Waals surface area (Å²) in [6.45, 7) is 0. The van der Waals surface area contributed by atoms with E-state index in [1.54, 1.807) is 0 Å². The molecular formula is C48H27N3. The molecule has 3 nitrogen and oxygen atoms in total. The molecule has 0 N–H and O–H groups in total. The summed E-state index contributed by atoms with van der Waals surface area (Å²) in [5, 5.41) is 12.6. The van der Waals surface area contributed by atoms with Gasteiger partial charge in [0.25, 0.3) is 0 Å². The molecule has 2 aromatic heterocycles. The highest BCUT2D eigenvalue weighted by Gasteiger charge is 2.30. The first-order valence-corrected chi connectivity index (χ1v) is 17.5. The Labute approximate surface area is 292 Å². The van der Waals surface area contributed by atoms with E-state index in [-0.39, 0.29) is 0 Å². The molecule has 2 aliphatic rings. The number of fused-ring (bicyclic) bond motifs is 5. The van der Waals surface area contributed by atoms with Crippen LogP contribution in [-0.4, -0.2) is 14.5 Å². The molecule has 0 unspecified atom stereocenters. The van der Waals surface area contributed by atoms with Crippen LogP contribution in [0.3, 0.4) is 0 Å². The van der Waals surface area contributed by atoms with Crippen molar-refractivity contribution in [1.82, 2.24) is 14.5 Å². The topological polar surface area (TPSA) is 30.7 Å². The van der Waals surface area contributed by atoms with Gasteiger partial charge in [-0.15, -0.1) is 0 Å². The van der Waals surface area contributed by atoms with Gasteiger partial charge in [-0.05, 0) is 90.1 Å². The van der Waals surface area contributed by atoms with Crippen LogP contribution in [0.4, 0.5) is 0 Å². The van der Waals surface area contributed by atoms with Crippen molar-refractivity contribution >= 4 is 75.9 Å². The molecule has 234 valence electrons. The first-order valence-electron chi connectivity index (χ1n) is 17.5. The second kappa shape index (κ2) is 9.87. The van der Waals surface area contributed by atoms with E-state index in [2.05, 4.69) is 156 Å². The lowest BCUT2D eigenvalue weighted by molar-refractivity contribution is 1.08. The molecule has 10 aromatic rings. The van der Waals surface area contributed by atoms with Crippen molar-refractivity contribution in [3.05, 3.63) is 164 Å². The molecule has 0 saturated carbocycles. The van der Waals surface area contributed by atoms with Crippen LogP contribution in [0.1, 0.15) is 0 Å². The first kappa shape index (κ1) is 27.0. The molecule has 0 amide bonds. The molecule has 8 aromatic carbocycles. The van der Waals surface area contributed by atoms with Crippen molar-refractivity contribution in [1.29, 1.82) is 0 Å². The van der Waals surface area contributed by atoms with Crippen LogP contribution in [0, 0.1) is 0 Å². The fraction of sp³-hybridized carbons (Fsp3) is 0. The zero-order chi connectivity index (χ0) is 33.2. The molecule has 0 spiro atoms. The Hall–Kier alpha value is -6.84. The van der Waals surface area contributed by atoms with E-state index in [1.807, 2.05) is 12.1 Å². The summed E-state index contributed by atoms with van der Waals surface area (Å²) >= 11 is 0.